The molecule has 1 aromatic heterocycles. The van der Waals surface area contributed by atoms with Crippen molar-refractivity contribution >= 4 is 33.2 Å². The van der Waals surface area contributed by atoms with Crippen molar-refractivity contribution in [2.24, 2.45) is 0 Å². The Labute approximate surface area is 143 Å². The van der Waals surface area contributed by atoms with Gasteiger partial charge in [-0.15, -0.1) is 11.3 Å². The van der Waals surface area contributed by atoms with Crippen molar-refractivity contribution in [1.82, 2.24) is 9.80 Å². The van der Waals surface area contributed by atoms with Crippen LogP contribution in [0.1, 0.15) is 16.0 Å². The normalized spacial score (nSPS) is 14.2. The zero-order valence-corrected chi connectivity index (χ0v) is 15.0. The topological polar surface area (TPSA) is 23.6 Å². The zero-order valence-electron chi connectivity index (χ0n) is 12.6. The predicted octanol–water partition coefficient (Wildman–Crippen LogP) is 3.53. The molecule has 0 bridgehead atoms. The second kappa shape index (κ2) is 6.94. The first-order valence-electron chi connectivity index (χ1n) is 7.39. The molecule has 0 N–H and O–H groups in total. The van der Waals surface area contributed by atoms with Gasteiger partial charge in [-0.3, -0.25) is 9.69 Å². The maximum Gasteiger partial charge on any atom is 0.237 e. The molecule has 1 aliphatic heterocycles. The smallest absolute Gasteiger partial charge is 0.237 e. The molecule has 5 heteroatoms. The number of carbonyl (C=O) groups is 1. The standard InChI is InChI=1S/C17H19BrN2OS/c1-19(11-15-6-7-16(18)22-15)12-17(21)20-9-8-13-4-2-3-5-14(13)10-20/h2-7H,8-12H2,1H3. The van der Waals surface area contributed by atoms with Crippen LogP contribution in [-0.4, -0.2) is 35.8 Å². The van der Waals surface area contributed by atoms with Crippen LogP contribution in [0.2, 0.25) is 0 Å². The molecule has 0 aliphatic carbocycles. The highest BCUT2D eigenvalue weighted by Gasteiger charge is 2.21. The van der Waals surface area contributed by atoms with Crippen molar-refractivity contribution in [2.45, 2.75) is 19.5 Å². The van der Waals surface area contributed by atoms with E-state index in [0.29, 0.717) is 6.54 Å². The van der Waals surface area contributed by atoms with Gasteiger partial charge in [0.25, 0.3) is 0 Å². The van der Waals surface area contributed by atoms with Gasteiger partial charge in [-0.1, -0.05) is 24.3 Å². The molecule has 22 heavy (non-hydrogen) atoms. The number of carbonyl (C=O) groups excluding carboxylic acids is 1. The molecule has 3 nitrogen and oxygen atoms in total. The summed E-state index contributed by atoms with van der Waals surface area (Å²) in [7, 11) is 2.00. The summed E-state index contributed by atoms with van der Waals surface area (Å²) in [5.41, 5.74) is 2.66. The fourth-order valence-corrected chi connectivity index (χ4v) is 4.36. The Morgan fingerprint density at radius 3 is 2.77 bits per heavy atom. The van der Waals surface area contributed by atoms with E-state index in [-0.39, 0.29) is 5.91 Å². The van der Waals surface area contributed by atoms with Gasteiger partial charge in [-0.25, -0.2) is 0 Å². The van der Waals surface area contributed by atoms with Gasteiger partial charge in [0.05, 0.1) is 10.3 Å². The predicted molar refractivity (Wildman–Crippen MR) is 93.9 cm³/mol. The van der Waals surface area contributed by atoms with Crippen LogP contribution in [-0.2, 0) is 24.3 Å². The van der Waals surface area contributed by atoms with Gasteiger partial charge in [-0.05, 0) is 52.7 Å². The Hall–Kier alpha value is -1.17. The molecule has 0 fully saturated rings. The molecule has 2 heterocycles. The molecular formula is C17H19BrN2OS. The molecule has 3 rings (SSSR count). The van der Waals surface area contributed by atoms with E-state index in [1.807, 2.05) is 18.0 Å². The molecule has 0 atom stereocenters. The van der Waals surface area contributed by atoms with Crippen LogP contribution >= 0.6 is 27.3 Å². The van der Waals surface area contributed by atoms with Gasteiger partial charge in [-0.2, -0.15) is 0 Å². The van der Waals surface area contributed by atoms with Crippen molar-refractivity contribution in [1.29, 1.82) is 0 Å². The molecular weight excluding hydrogens is 360 g/mol. The third-order valence-electron chi connectivity index (χ3n) is 3.94. The minimum absolute atomic E-state index is 0.215. The Morgan fingerprint density at radius 1 is 1.27 bits per heavy atom. The summed E-state index contributed by atoms with van der Waals surface area (Å²) >= 11 is 5.20. The summed E-state index contributed by atoms with van der Waals surface area (Å²) in [5, 5.41) is 0. The number of thiophene rings is 1. The number of fused-ring (bicyclic) bond motifs is 1. The average Bonchev–Trinajstić information content (AvgIpc) is 2.91. The lowest BCUT2D eigenvalue weighted by molar-refractivity contribution is -0.133. The van der Waals surface area contributed by atoms with E-state index in [1.165, 1.54) is 16.0 Å². The van der Waals surface area contributed by atoms with Crippen LogP contribution in [0.5, 0.6) is 0 Å². The highest BCUT2D eigenvalue weighted by molar-refractivity contribution is 9.11. The van der Waals surface area contributed by atoms with Crippen LogP contribution < -0.4 is 0 Å². The van der Waals surface area contributed by atoms with Crippen molar-refractivity contribution in [3.05, 3.63) is 56.2 Å². The second-order valence-electron chi connectivity index (χ2n) is 5.71. The highest BCUT2D eigenvalue weighted by atomic mass is 79.9. The van der Waals surface area contributed by atoms with Crippen LogP contribution in [0.3, 0.4) is 0 Å². The van der Waals surface area contributed by atoms with Crippen molar-refractivity contribution in [3.8, 4) is 0 Å². The molecule has 0 saturated heterocycles. The van der Waals surface area contributed by atoms with Gasteiger partial charge < -0.3 is 4.90 Å². The number of amides is 1. The summed E-state index contributed by atoms with van der Waals surface area (Å²) in [6, 6.07) is 12.6. The fraction of sp³-hybridized carbons (Fsp3) is 0.353. The lowest BCUT2D eigenvalue weighted by Gasteiger charge is -2.30. The number of halogens is 1. The number of nitrogens with zero attached hydrogens (tertiary/aromatic N) is 2. The van der Waals surface area contributed by atoms with E-state index in [0.717, 1.165) is 29.8 Å². The average molecular weight is 379 g/mol. The van der Waals surface area contributed by atoms with E-state index < -0.39 is 0 Å². The SMILES string of the molecule is CN(CC(=O)N1CCc2ccccc2C1)Cc1ccc(Br)s1. The second-order valence-corrected chi connectivity index (χ2v) is 8.26. The van der Waals surface area contributed by atoms with Gasteiger partial charge in [0, 0.05) is 24.5 Å². The molecule has 116 valence electrons. The molecule has 0 radical (unpaired) electrons. The number of hydrogen-bond acceptors (Lipinski definition) is 3. The van der Waals surface area contributed by atoms with Gasteiger partial charge in [0.2, 0.25) is 5.91 Å². The molecule has 0 unspecified atom stereocenters. The van der Waals surface area contributed by atoms with E-state index in [4.69, 9.17) is 0 Å². The first kappa shape index (κ1) is 15.7. The monoisotopic (exact) mass is 378 g/mol. The number of rotatable bonds is 4. The van der Waals surface area contributed by atoms with E-state index in [9.17, 15) is 4.79 Å². The molecule has 0 spiro atoms. The molecule has 1 amide bonds. The van der Waals surface area contributed by atoms with Crippen LogP contribution in [0.25, 0.3) is 0 Å². The van der Waals surface area contributed by atoms with Crippen molar-refractivity contribution < 1.29 is 4.79 Å². The van der Waals surface area contributed by atoms with Crippen LogP contribution in [0.4, 0.5) is 0 Å². The first-order valence-corrected chi connectivity index (χ1v) is 9.00. The van der Waals surface area contributed by atoms with Gasteiger partial charge in [0.1, 0.15) is 0 Å². The van der Waals surface area contributed by atoms with Gasteiger partial charge in [0.15, 0.2) is 0 Å². The van der Waals surface area contributed by atoms with Crippen molar-refractivity contribution in [2.75, 3.05) is 20.1 Å². The quantitative estimate of drug-likeness (QED) is 0.812. The maximum absolute atomic E-state index is 12.5. The summed E-state index contributed by atoms with van der Waals surface area (Å²) < 4.78 is 1.13. The summed E-state index contributed by atoms with van der Waals surface area (Å²) in [6.45, 7) is 2.85. The molecule has 1 aromatic carbocycles. The lowest BCUT2D eigenvalue weighted by Crippen LogP contribution is -2.41. The third kappa shape index (κ3) is 3.77. The Morgan fingerprint density at radius 2 is 2.05 bits per heavy atom. The third-order valence-corrected chi connectivity index (χ3v) is 5.55. The lowest BCUT2D eigenvalue weighted by atomic mass is 10.00. The largest absolute Gasteiger partial charge is 0.337 e. The first-order chi connectivity index (χ1) is 10.6. The summed E-state index contributed by atoms with van der Waals surface area (Å²) in [4.78, 5) is 17.8. The Kier molecular flexibility index (Phi) is 4.96. The summed E-state index contributed by atoms with van der Waals surface area (Å²) in [5.74, 6) is 0.215. The van der Waals surface area contributed by atoms with E-state index >= 15 is 0 Å². The minimum Gasteiger partial charge on any atom is -0.337 e. The molecule has 0 saturated carbocycles. The van der Waals surface area contributed by atoms with Crippen LogP contribution in [0, 0.1) is 0 Å². The minimum atomic E-state index is 0.215. The fourth-order valence-electron chi connectivity index (χ4n) is 2.80. The van der Waals surface area contributed by atoms with E-state index in [1.54, 1.807) is 11.3 Å². The molecule has 2 aromatic rings. The maximum atomic E-state index is 12.5. The van der Waals surface area contributed by atoms with Gasteiger partial charge >= 0.3 is 0 Å². The zero-order chi connectivity index (χ0) is 15.5. The Balaban J connectivity index is 1.56. The number of likely N-dealkylation sites (N-methyl/N-ethyl adjacent to an activating group) is 1. The number of hydrogen-bond donors (Lipinski definition) is 0. The molecule has 1 aliphatic rings. The number of benzene rings is 1. The van der Waals surface area contributed by atoms with E-state index in [2.05, 4.69) is 51.2 Å². The summed E-state index contributed by atoms with van der Waals surface area (Å²) in [6.07, 6.45) is 0.962. The van der Waals surface area contributed by atoms with Crippen LogP contribution in [0.15, 0.2) is 40.2 Å². The highest BCUT2D eigenvalue weighted by Crippen LogP contribution is 2.23. The van der Waals surface area contributed by atoms with Crippen molar-refractivity contribution in [3.63, 3.8) is 0 Å². The Bertz CT molecular complexity index is 670.